The second kappa shape index (κ2) is 70.5. The Kier molecular flexibility index (Phi) is 65.3. The molecule has 26 heteroatoms. The van der Waals surface area contributed by atoms with Gasteiger partial charge in [-0.1, -0.05) is 348 Å². The Labute approximate surface area is 705 Å². The zero-order chi connectivity index (χ0) is 85.4. The van der Waals surface area contributed by atoms with E-state index in [-0.39, 0.29) is 25.7 Å². The SMILES string of the molecule is CCCCCC/C=C\CCCCCCCCCC(=O)OCC(COP(=O)(O)OC1C(OC2OC(CO)C(O)C(O)C2O)C(O)C(O)C(OC(=O)CCCCCCCCCCCCCCC)C1OC1OC(COC(=O)CCCCCCCCCCCCCCCCC)C(O)C(O)C1O)OC(=O)CCCCCCCCCCCCCCCCC. The Balaban J connectivity index is 1.91. The highest BCUT2D eigenvalue weighted by atomic mass is 31.2. The van der Waals surface area contributed by atoms with E-state index in [4.69, 9.17) is 46.9 Å². The van der Waals surface area contributed by atoms with E-state index in [1.807, 2.05) is 0 Å². The van der Waals surface area contributed by atoms with Crippen molar-refractivity contribution in [2.24, 2.45) is 0 Å². The van der Waals surface area contributed by atoms with Crippen molar-refractivity contribution in [1.82, 2.24) is 0 Å². The average molecular weight is 1690 g/mol. The number of allylic oxidation sites excluding steroid dienone is 2. The average Bonchev–Trinajstić information content (AvgIpc) is 0.755. The third kappa shape index (κ3) is 50.7. The Morgan fingerprint density at radius 1 is 0.333 bits per heavy atom. The van der Waals surface area contributed by atoms with E-state index in [0.29, 0.717) is 32.1 Å². The number of esters is 4. The Morgan fingerprint density at radius 3 is 1.03 bits per heavy atom. The number of carbonyl (C=O) groups excluding carboxylic acids is 4. The molecule has 1 saturated carbocycles. The number of hydrogen-bond acceptors (Lipinski definition) is 24. The molecule has 0 spiro atoms. The molecule has 2 saturated heterocycles. The molecule has 0 radical (unpaired) electrons. The van der Waals surface area contributed by atoms with Crippen LogP contribution in [0.1, 0.15) is 413 Å². The Morgan fingerprint density at radius 2 is 0.641 bits per heavy atom. The molecule has 117 heavy (non-hydrogen) atoms. The highest BCUT2D eigenvalue weighted by Crippen LogP contribution is 2.49. The first-order chi connectivity index (χ1) is 56.7. The second-order valence-corrected chi connectivity index (χ2v) is 35.3. The van der Waals surface area contributed by atoms with Gasteiger partial charge in [-0.05, 0) is 51.4 Å². The quantitative estimate of drug-likeness (QED) is 0.00889. The van der Waals surface area contributed by atoms with Gasteiger partial charge in [-0.25, -0.2) is 4.57 Å². The fourth-order valence-electron chi connectivity index (χ4n) is 15.7. The number of aliphatic hydroxyl groups is 9. The zero-order valence-corrected chi connectivity index (χ0v) is 74.2. The number of hydrogen-bond donors (Lipinski definition) is 10. The van der Waals surface area contributed by atoms with Gasteiger partial charge in [0.05, 0.1) is 13.2 Å². The summed E-state index contributed by atoms with van der Waals surface area (Å²) in [6, 6.07) is 0. The van der Waals surface area contributed by atoms with Crippen molar-refractivity contribution in [3.05, 3.63) is 12.2 Å². The molecule has 0 aromatic heterocycles. The van der Waals surface area contributed by atoms with Crippen LogP contribution in [0, 0.1) is 0 Å². The summed E-state index contributed by atoms with van der Waals surface area (Å²) in [5.41, 5.74) is 0. The van der Waals surface area contributed by atoms with Crippen LogP contribution in [0.3, 0.4) is 0 Å². The Hall–Kier alpha value is -2.79. The maximum absolute atomic E-state index is 14.9. The van der Waals surface area contributed by atoms with Gasteiger partial charge in [-0.3, -0.25) is 28.2 Å². The van der Waals surface area contributed by atoms with Crippen LogP contribution in [0.25, 0.3) is 0 Å². The number of rotatable bonds is 77. The van der Waals surface area contributed by atoms with Crippen molar-refractivity contribution in [3.63, 3.8) is 0 Å². The molecule has 2 heterocycles. The third-order valence-electron chi connectivity index (χ3n) is 23.3. The van der Waals surface area contributed by atoms with E-state index in [1.54, 1.807) is 0 Å². The van der Waals surface area contributed by atoms with Gasteiger partial charge in [0.15, 0.2) is 24.8 Å². The standard InChI is InChI=1S/C91H169O25P/c1-5-9-13-17-21-25-29-33-36-40-43-47-51-55-59-63-74(93)107-68-71(110-76(95)65-61-57-53-49-46-42-38-35-31-27-23-19-15-11-7-3)69-109-117(105,106)116-89-87(114-90-84(103)80(99)78(97)72(67-92)111-90)83(102)82(101)86(113-77(96)66-62-58-54-50-45-39-32-28-24-20-16-12-8-4)88(89)115-91-85(104)81(100)79(98)73(112-91)70-108-75(94)64-60-56-52-48-44-41-37-34-30-26-22-18-14-10-6-2/h25,29,71-73,78-92,97-104H,5-24,26-28,30-70H2,1-4H3,(H,105,106)/b29-25-. The first-order valence-corrected chi connectivity index (χ1v) is 48.9. The smallest absolute Gasteiger partial charge is 0.463 e. The highest BCUT2D eigenvalue weighted by molar-refractivity contribution is 7.47. The van der Waals surface area contributed by atoms with E-state index in [1.165, 1.54) is 180 Å². The van der Waals surface area contributed by atoms with Gasteiger partial charge in [0.1, 0.15) is 92.6 Å². The predicted molar refractivity (Wildman–Crippen MR) is 453 cm³/mol. The molecule has 18 atom stereocenters. The molecular weight excluding hydrogens is 1520 g/mol. The number of ether oxygens (including phenoxy) is 8. The van der Waals surface area contributed by atoms with Crippen molar-refractivity contribution in [2.75, 3.05) is 26.4 Å². The van der Waals surface area contributed by atoms with E-state index in [0.717, 1.165) is 148 Å². The zero-order valence-electron chi connectivity index (χ0n) is 73.3. The van der Waals surface area contributed by atoms with E-state index in [2.05, 4.69) is 39.8 Å². The molecule has 0 aromatic carbocycles. The van der Waals surface area contributed by atoms with Gasteiger partial charge < -0.3 is 88.7 Å². The lowest BCUT2D eigenvalue weighted by Crippen LogP contribution is -2.70. The van der Waals surface area contributed by atoms with Crippen molar-refractivity contribution in [3.8, 4) is 0 Å². The first-order valence-electron chi connectivity index (χ1n) is 47.4. The molecule has 0 bridgehead atoms. The number of unbranched alkanes of at least 4 members (excludes halogenated alkanes) is 51. The van der Waals surface area contributed by atoms with E-state index >= 15 is 0 Å². The second-order valence-electron chi connectivity index (χ2n) is 33.9. The molecule has 0 aromatic rings. The molecule has 3 fully saturated rings. The van der Waals surface area contributed by atoms with Gasteiger partial charge in [-0.15, -0.1) is 0 Å². The van der Waals surface area contributed by atoms with Crippen LogP contribution >= 0.6 is 7.82 Å². The van der Waals surface area contributed by atoms with Crippen molar-refractivity contribution in [1.29, 1.82) is 0 Å². The summed E-state index contributed by atoms with van der Waals surface area (Å²) in [6.07, 6.45) is 29.1. The molecule has 10 N–H and O–H groups in total. The van der Waals surface area contributed by atoms with Gasteiger partial charge in [0.2, 0.25) is 0 Å². The fourth-order valence-corrected chi connectivity index (χ4v) is 16.7. The van der Waals surface area contributed by atoms with E-state index in [9.17, 15) is 74.6 Å². The summed E-state index contributed by atoms with van der Waals surface area (Å²) in [5, 5.41) is 102. The fraction of sp³-hybridized carbons (Fsp3) is 0.934. The minimum absolute atomic E-state index is 0.0190. The minimum Gasteiger partial charge on any atom is -0.463 e. The largest absolute Gasteiger partial charge is 0.472 e. The minimum atomic E-state index is -5.80. The van der Waals surface area contributed by atoms with Gasteiger partial charge >= 0.3 is 31.7 Å². The molecule has 25 nitrogen and oxygen atoms in total. The summed E-state index contributed by atoms with van der Waals surface area (Å²) in [6.45, 7) is 5.60. The van der Waals surface area contributed by atoms with Gasteiger partial charge in [0.25, 0.3) is 0 Å². The summed E-state index contributed by atoms with van der Waals surface area (Å²) in [7, 11) is -5.80. The molecule has 1 aliphatic carbocycles. The van der Waals surface area contributed by atoms with Crippen LogP contribution in [-0.2, 0) is 70.7 Å². The molecule has 2 aliphatic heterocycles. The maximum Gasteiger partial charge on any atom is 0.472 e. The summed E-state index contributed by atoms with van der Waals surface area (Å²) < 4.78 is 73.4. The molecule has 3 rings (SSSR count). The topological polar surface area (TPSA) is 380 Å². The van der Waals surface area contributed by atoms with E-state index < -0.39 is 162 Å². The summed E-state index contributed by atoms with van der Waals surface area (Å²) in [4.78, 5) is 66.5. The molecule has 3 aliphatic rings. The lowest BCUT2D eigenvalue weighted by atomic mass is 9.84. The highest BCUT2D eigenvalue weighted by Gasteiger charge is 2.60. The van der Waals surface area contributed by atoms with Crippen LogP contribution in [0.15, 0.2) is 12.2 Å². The van der Waals surface area contributed by atoms with Crippen molar-refractivity contribution >= 4 is 31.7 Å². The number of aliphatic hydroxyl groups excluding tert-OH is 9. The summed E-state index contributed by atoms with van der Waals surface area (Å²) in [5.74, 6) is -2.95. The number of carbonyl (C=O) groups is 4. The van der Waals surface area contributed by atoms with Crippen LogP contribution in [-0.4, -0.2) is 205 Å². The molecular formula is C91H169O25P. The lowest BCUT2D eigenvalue weighted by Gasteiger charge is -2.50. The monoisotopic (exact) mass is 1690 g/mol. The molecule has 688 valence electrons. The Bertz CT molecular complexity index is 2480. The van der Waals surface area contributed by atoms with Crippen LogP contribution in [0.4, 0.5) is 0 Å². The number of phosphoric acid groups is 1. The molecule has 0 amide bonds. The van der Waals surface area contributed by atoms with Gasteiger partial charge in [0, 0.05) is 25.7 Å². The van der Waals surface area contributed by atoms with Crippen LogP contribution in [0.5, 0.6) is 0 Å². The first kappa shape index (κ1) is 108. The van der Waals surface area contributed by atoms with Crippen molar-refractivity contribution < 1.29 is 122 Å². The lowest BCUT2D eigenvalue weighted by molar-refractivity contribution is -0.360. The normalized spacial score (nSPS) is 25.0. The molecule has 18 unspecified atom stereocenters. The summed E-state index contributed by atoms with van der Waals surface area (Å²) >= 11 is 0. The number of phosphoric ester groups is 1. The van der Waals surface area contributed by atoms with Gasteiger partial charge in [-0.2, -0.15) is 0 Å². The predicted octanol–water partition coefficient (Wildman–Crippen LogP) is 17.6. The van der Waals surface area contributed by atoms with Crippen molar-refractivity contribution in [2.45, 2.75) is 517 Å². The maximum atomic E-state index is 14.9. The van der Waals surface area contributed by atoms with Crippen LogP contribution < -0.4 is 0 Å². The third-order valence-corrected chi connectivity index (χ3v) is 24.3. The van der Waals surface area contributed by atoms with Crippen LogP contribution in [0.2, 0.25) is 0 Å².